The largest absolute Gasteiger partial charge is 0.495 e. The van der Waals surface area contributed by atoms with Crippen LogP contribution < -0.4 is 14.8 Å². The molecule has 0 amide bonds. The molecular formula is C17H19I2N5O2S. The zero-order chi connectivity index (χ0) is 19.9. The first kappa shape index (κ1) is 20.7. The van der Waals surface area contributed by atoms with Crippen LogP contribution in [0.2, 0.25) is 0 Å². The number of fused-ring (bicyclic) bond motifs is 1. The highest BCUT2D eigenvalue weighted by molar-refractivity contribution is 14.1. The van der Waals surface area contributed by atoms with Gasteiger partial charge in [0.05, 0.1) is 43.1 Å². The van der Waals surface area contributed by atoms with E-state index in [0.717, 1.165) is 31.0 Å². The first-order valence-corrected chi connectivity index (χ1v) is 11.2. The molecule has 0 spiro atoms. The van der Waals surface area contributed by atoms with E-state index in [0.29, 0.717) is 27.7 Å². The van der Waals surface area contributed by atoms with Gasteiger partial charge in [0.1, 0.15) is 17.3 Å². The maximum absolute atomic E-state index is 8.47. The predicted octanol–water partition coefficient (Wildman–Crippen LogP) is 3.93. The second-order valence-electron chi connectivity index (χ2n) is 5.67. The van der Waals surface area contributed by atoms with Gasteiger partial charge < -0.3 is 19.7 Å². The van der Waals surface area contributed by atoms with E-state index in [1.54, 1.807) is 14.2 Å². The minimum absolute atomic E-state index is 0.194. The first-order valence-electron chi connectivity index (χ1n) is 8.23. The molecule has 0 bridgehead atoms. The topological polar surface area (TPSA) is 93.8 Å². The van der Waals surface area contributed by atoms with E-state index in [1.165, 1.54) is 11.8 Å². The summed E-state index contributed by atoms with van der Waals surface area (Å²) < 4.78 is 13.1. The van der Waals surface area contributed by atoms with Gasteiger partial charge in [-0.3, -0.25) is 10.8 Å². The maximum atomic E-state index is 8.47. The lowest BCUT2D eigenvalue weighted by Crippen LogP contribution is -2.27. The molecule has 0 aliphatic carbocycles. The van der Waals surface area contributed by atoms with Crippen LogP contribution in [0.1, 0.15) is 25.0 Å². The standard InChI is InChI=1S/C17H19I2N5O2S/c1-5-24(6-2)17-23-16(21)14(27-17)11-7-8(15(20)22-11)13(26-4)10(19)9(18)12(7)25-3/h21H,5-6H2,1-4H3,(H2,20,22). The van der Waals surface area contributed by atoms with Crippen LogP contribution in [0.3, 0.4) is 0 Å². The number of nitrogens with one attached hydrogen (secondary N) is 3. The van der Waals surface area contributed by atoms with Crippen molar-refractivity contribution in [1.29, 1.82) is 10.8 Å². The Morgan fingerprint density at radius 2 is 1.59 bits per heavy atom. The zero-order valence-corrected chi connectivity index (χ0v) is 20.4. The minimum atomic E-state index is 0.194. The lowest BCUT2D eigenvalue weighted by Gasteiger charge is -2.19. The summed E-state index contributed by atoms with van der Waals surface area (Å²) in [6.45, 7) is 5.78. The van der Waals surface area contributed by atoms with Crippen molar-refractivity contribution < 1.29 is 9.47 Å². The molecule has 7 nitrogen and oxygen atoms in total. The predicted molar refractivity (Wildman–Crippen MR) is 128 cm³/mol. The maximum Gasteiger partial charge on any atom is 0.171 e. The van der Waals surface area contributed by atoms with Crippen LogP contribution in [-0.4, -0.2) is 49.0 Å². The molecule has 0 aromatic heterocycles. The molecule has 3 N–H and O–H groups in total. The Morgan fingerprint density at radius 1 is 1.04 bits per heavy atom. The Morgan fingerprint density at radius 3 is 2.11 bits per heavy atom. The van der Waals surface area contributed by atoms with Crippen molar-refractivity contribution in [2.45, 2.75) is 13.8 Å². The van der Waals surface area contributed by atoms with Crippen LogP contribution in [0.15, 0.2) is 9.90 Å². The van der Waals surface area contributed by atoms with Gasteiger partial charge in [-0.05, 0) is 70.8 Å². The zero-order valence-electron chi connectivity index (χ0n) is 15.3. The van der Waals surface area contributed by atoms with Crippen LogP contribution in [0.5, 0.6) is 11.5 Å². The molecule has 2 heterocycles. The van der Waals surface area contributed by atoms with Crippen molar-refractivity contribution in [3.63, 3.8) is 0 Å². The van der Waals surface area contributed by atoms with Crippen LogP contribution in [0.4, 0.5) is 0 Å². The fraction of sp³-hybridized carbons (Fsp3) is 0.353. The molecule has 0 radical (unpaired) electrons. The number of nitrogens with zero attached hydrogens (tertiary/aromatic N) is 2. The third kappa shape index (κ3) is 3.33. The average Bonchev–Trinajstić information content (AvgIpc) is 3.18. The molecule has 0 fully saturated rings. The highest BCUT2D eigenvalue weighted by Gasteiger charge is 2.37. The third-order valence-electron chi connectivity index (χ3n) is 4.33. The molecule has 0 saturated heterocycles. The number of thioether (sulfide) groups is 1. The fourth-order valence-electron chi connectivity index (χ4n) is 3.03. The SMILES string of the molecule is CCN(CC)C1=NC(=N)C(=C2NC(=N)c3c(OC)c(I)c(I)c(OC)c32)S1. The lowest BCUT2D eigenvalue weighted by atomic mass is 10.0. The van der Waals surface area contributed by atoms with Gasteiger partial charge in [0.15, 0.2) is 11.0 Å². The van der Waals surface area contributed by atoms with Gasteiger partial charge in [-0.1, -0.05) is 0 Å². The highest BCUT2D eigenvalue weighted by atomic mass is 127. The summed E-state index contributed by atoms with van der Waals surface area (Å²) in [6, 6.07) is 0. The van der Waals surface area contributed by atoms with Crippen molar-refractivity contribution in [3.8, 4) is 11.5 Å². The lowest BCUT2D eigenvalue weighted by molar-refractivity contribution is 0.396. The smallest absolute Gasteiger partial charge is 0.171 e. The fourth-order valence-corrected chi connectivity index (χ4v) is 5.61. The van der Waals surface area contributed by atoms with Crippen molar-refractivity contribution in [3.05, 3.63) is 23.2 Å². The normalized spacial score (nSPS) is 18.4. The van der Waals surface area contributed by atoms with Crippen molar-refractivity contribution in [2.75, 3.05) is 27.3 Å². The molecule has 27 heavy (non-hydrogen) atoms. The minimum Gasteiger partial charge on any atom is -0.495 e. The summed E-state index contributed by atoms with van der Waals surface area (Å²) >= 11 is 5.89. The van der Waals surface area contributed by atoms with E-state index in [1.807, 2.05) is 0 Å². The summed E-state index contributed by atoms with van der Waals surface area (Å²) in [5.74, 6) is 1.75. The number of benzene rings is 1. The molecule has 0 saturated carbocycles. The number of methoxy groups -OCH3 is 2. The van der Waals surface area contributed by atoms with E-state index in [9.17, 15) is 0 Å². The number of hydrogen-bond donors (Lipinski definition) is 3. The molecule has 0 unspecified atom stereocenters. The summed E-state index contributed by atoms with van der Waals surface area (Å²) in [6.07, 6.45) is 0. The Balaban J connectivity index is 2.22. The number of hydrogen-bond acceptors (Lipinski definition) is 6. The van der Waals surface area contributed by atoms with Crippen LogP contribution >= 0.6 is 56.9 Å². The second-order valence-corrected chi connectivity index (χ2v) is 8.80. The van der Waals surface area contributed by atoms with Crippen LogP contribution in [-0.2, 0) is 0 Å². The van der Waals surface area contributed by atoms with Gasteiger partial charge in [0.25, 0.3) is 0 Å². The molecule has 0 atom stereocenters. The van der Waals surface area contributed by atoms with E-state index in [4.69, 9.17) is 20.3 Å². The van der Waals surface area contributed by atoms with Gasteiger partial charge >= 0.3 is 0 Å². The Kier molecular flexibility index (Phi) is 6.25. The van der Waals surface area contributed by atoms with Gasteiger partial charge in [0, 0.05) is 13.1 Å². The van der Waals surface area contributed by atoms with Gasteiger partial charge in [-0.15, -0.1) is 0 Å². The van der Waals surface area contributed by atoms with Crippen LogP contribution in [0.25, 0.3) is 5.70 Å². The van der Waals surface area contributed by atoms with Gasteiger partial charge in [-0.2, -0.15) is 0 Å². The molecule has 3 rings (SSSR count). The number of aliphatic imine (C=N–C) groups is 1. The number of halogens is 2. The molecule has 2 aliphatic rings. The summed E-state index contributed by atoms with van der Waals surface area (Å²) in [4.78, 5) is 7.24. The third-order valence-corrected chi connectivity index (χ3v) is 8.55. The molecule has 144 valence electrons. The Bertz CT molecular complexity index is 909. The molecular weight excluding hydrogens is 592 g/mol. The van der Waals surface area contributed by atoms with Gasteiger partial charge in [-0.25, -0.2) is 4.99 Å². The second kappa shape index (κ2) is 8.15. The number of ether oxygens (including phenoxy) is 2. The van der Waals surface area contributed by atoms with Crippen molar-refractivity contribution in [2.24, 2.45) is 4.99 Å². The monoisotopic (exact) mass is 611 g/mol. The van der Waals surface area contributed by atoms with Crippen molar-refractivity contribution in [1.82, 2.24) is 10.2 Å². The molecule has 10 heteroatoms. The molecule has 2 aliphatic heterocycles. The Labute approximate surface area is 189 Å². The van der Waals surface area contributed by atoms with Crippen LogP contribution in [0, 0.1) is 18.0 Å². The quantitative estimate of drug-likeness (QED) is 0.449. The van der Waals surface area contributed by atoms with Gasteiger partial charge in [0.2, 0.25) is 0 Å². The Hall–Kier alpha value is -1.02. The highest BCUT2D eigenvalue weighted by Crippen LogP contribution is 2.48. The van der Waals surface area contributed by atoms with E-state index in [-0.39, 0.29) is 11.7 Å². The summed E-state index contributed by atoms with van der Waals surface area (Å²) in [7, 11) is 3.22. The summed E-state index contributed by atoms with van der Waals surface area (Å²) in [5.41, 5.74) is 2.10. The van der Waals surface area contributed by atoms with Crippen molar-refractivity contribution >= 4 is 79.5 Å². The first-order chi connectivity index (χ1) is 12.9. The number of rotatable bonds is 4. The average molecular weight is 611 g/mol. The summed E-state index contributed by atoms with van der Waals surface area (Å²) in [5, 5.41) is 20.8. The molecule has 1 aromatic rings. The number of amidine groups is 3. The van der Waals surface area contributed by atoms with E-state index in [2.05, 4.69) is 74.2 Å². The van der Waals surface area contributed by atoms with E-state index < -0.39 is 0 Å². The molecule has 1 aromatic carbocycles. The van der Waals surface area contributed by atoms with E-state index >= 15 is 0 Å².